The van der Waals surface area contributed by atoms with Crippen molar-refractivity contribution >= 4 is 23.5 Å². The molecule has 0 atom stereocenters. The van der Waals surface area contributed by atoms with Crippen LogP contribution in [-0.2, 0) is 30.6 Å². The summed E-state index contributed by atoms with van der Waals surface area (Å²) in [6.07, 6.45) is 0.713. The average molecular weight is 322 g/mol. The molecule has 0 saturated heterocycles. The lowest BCUT2D eigenvalue weighted by molar-refractivity contribution is -0.165. The Bertz CT molecular complexity index is 538. The van der Waals surface area contributed by atoms with Crippen LogP contribution in [0.5, 0.6) is 0 Å². The fourth-order valence-corrected chi connectivity index (χ4v) is 1.83. The van der Waals surface area contributed by atoms with Crippen molar-refractivity contribution in [1.82, 2.24) is 5.48 Å². The molecule has 0 radical (unpaired) electrons. The smallest absolute Gasteiger partial charge is 0.343 e. The van der Waals surface area contributed by atoms with Crippen LogP contribution in [0.1, 0.15) is 38.7 Å². The maximum Gasteiger partial charge on any atom is 0.343 e. The fraction of sp³-hybridized carbons (Fsp3) is 0.438. The van der Waals surface area contributed by atoms with Crippen molar-refractivity contribution in [2.75, 3.05) is 5.73 Å². The third kappa shape index (κ3) is 6.82. The summed E-state index contributed by atoms with van der Waals surface area (Å²) in [5, 5.41) is 0. The van der Waals surface area contributed by atoms with Crippen molar-refractivity contribution < 1.29 is 24.0 Å². The van der Waals surface area contributed by atoms with Gasteiger partial charge in [-0.05, 0) is 30.5 Å². The van der Waals surface area contributed by atoms with Crippen molar-refractivity contribution in [3.8, 4) is 0 Å². The first-order valence-electron chi connectivity index (χ1n) is 7.45. The number of nitrogen functional groups attached to an aromatic ring is 1. The molecule has 1 aromatic carbocycles. The van der Waals surface area contributed by atoms with E-state index >= 15 is 0 Å². The van der Waals surface area contributed by atoms with Gasteiger partial charge in [0.05, 0.1) is 0 Å². The number of hydroxylamine groups is 1. The number of amides is 1. The van der Waals surface area contributed by atoms with Crippen LogP contribution in [0.25, 0.3) is 0 Å². The molecule has 0 aliphatic carbocycles. The molecule has 0 spiro atoms. The molecule has 7 nitrogen and oxygen atoms in total. The van der Waals surface area contributed by atoms with Crippen LogP contribution in [0, 0.1) is 5.92 Å². The zero-order chi connectivity index (χ0) is 17.2. The summed E-state index contributed by atoms with van der Waals surface area (Å²) in [6, 6.07) is 6.81. The van der Waals surface area contributed by atoms with Crippen LogP contribution in [0.3, 0.4) is 0 Å². The number of hydrogen-bond acceptors (Lipinski definition) is 6. The Balaban J connectivity index is 2.29. The molecule has 0 heterocycles. The lowest BCUT2D eigenvalue weighted by atomic mass is 10.0. The number of anilines is 1. The summed E-state index contributed by atoms with van der Waals surface area (Å²) in [4.78, 5) is 39.2. The van der Waals surface area contributed by atoms with E-state index in [1.807, 2.05) is 13.8 Å². The van der Waals surface area contributed by atoms with Gasteiger partial charge in [-0.1, -0.05) is 26.0 Å². The Kier molecular flexibility index (Phi) is 7.59. The van der Waals surface area contributed by atoms with E-state index in [1.54, 1.807) is 24.3 Å². The largest absolute Gasteiger partial charge is 0.460 e. The van der Waals surface area contributed by atoms with Crippen molar-refractivity contribution in [3.63, 3.8) is 0 Å². The lowest BCUT2D eigenvalue weighted by Crippen LogP contribution is -2.33. The summed E-state index contributed by atoms with van der Waals surface area (Å²) in [7, 11) is 0. The minimum atomic E-state index is -0.869. The fourth-order valence-electron chi connectivity index (χ4n) is 1.83. The van der Waals surface area contributed by atoms with Crippen LogP contribution in [0.2, 0.25) is 0 Å². The second-order valence-electron chi connectivity index (χ2n) is 5.03. The molecule has 0 aliphatic heterocycles. The first-order valence-corrected chi connectivity index (χ1v) is 7.45. The number of carbonyl (C=O) groups excluding carboxylic acids is 3. The standard InChI is InChI=1S/C16H22N2O5/c1-3-12(4-2)16(21)18-23-15(20)9-14(19)22-10-11-5-7-13(17)8-6-11/h5-8,12H,3-4,9-10,17H2,1-2H3,(H,18,21). The number of hydrogen-bond donors (Lipinski definition) is 2. The van der Waals surface area contributed by atoms with E-state index in [4.69, 9.17) is 10.5 Å². The van der Waals surface area contributed by atoms with E-state index in [2.05, 4.69) is 10.3 Å². The van der Waals surface area contributed by atoms with Crippen molar-refractivity contribution in [1.29, 1.82) is 0 Å². The Morgan fingerprint density at radius 2 is 1.70 bits per heavy atom. The van der Waals surface area contributed by atoms with E-state index < -0.39 is 18.4 Å². The zero-order valence-electron chi connectivity index (χ0n) is 13.3. The Morgan fingerprint density at radius 1 is 1.09 bits per heavy atom. The third-order valence-corrected chi connectivity index (χ3v) is 3.29. The molecule has 126 valence electrons. The highest BCUT2D eigenvalue weighted by Crippen LogP contribution is 2.08. The SMILES string of the molecule is CCC(CC)C(=O)NOC(=O)CC(=O)OCc1ccc(N)cc1. The van der Waals surface area contributed by atoms with Crippen LogP contribution < -0.4 is 11.2 Å². The van der Waals surface area contributed by atoms with Gasteiger partial charge >= 0.3 is 11.9 Å². The molecule has 0 unspecified atom stereocenters. The van der Waals surface area contributed by atoms with Crippen molar-refractivity contribution in [2.45, 2.75) is 39.7 Å². The molecular formula is C16H22N2O5. The number of nitrogens with two attached hydrogens (primary N) is 1. The van der Waals surface area contributed by atoms with Crippen LogP contribution >= 0.6 is 0 Å². The van der Waals surface area contributed by atoms with Gasteiger partial charge in [-0.3, -0.25) is 9.59 Å². The van der Waals surface area contributed by atoms with Gasteiger partial charge in [0.25, 0.3) is 5.91 Å². The van der Waals surface area contributed by atoms with E-state index in [9.17, 15) is 14.4 Å². The molecule has 23 heavy (non-hydrogen) atoms. The lowest BCUT2D eigenvalue weighted by Gasteiger charge is -2.12. The Labute approximate surface area is 135 Å². The summed E-state index contributed by atoms with van der Waals surface area (Å²) in [6.45, 7) is 3.76. The molecule has 1 aromatic rings. The van der Waals surface area contributed by atoms with Gasteiger partial charge in [0.1, 0.15) is 13.0 Å². The molecule has 0 aliphatic rings. The highest BCUT2D eigenvalue weighted by molar-refractivity contribution is 5.91. The van der Waals surface area contributed by atoms with E-state index in [1.165, 1.54) is 0 Å². The van der Waals surface area contributed by atoms with E-state index in [-0.39, 0.29) is 18.4 Å². The molecule has 3 N–H and O–H groups in total. The van der Waals surface area contributed by atoms with Gasteiger partial charge in [0.15, 0.2) is 0 Å². The number of esters is 1. The first kappa shape index (κ1) is 18.5. The van der Waals surface area contributed by atoms with Crippen LogP contribution in [0.4, 0.5) is 5.69 Å². The zero-order valence-corrected chi connectivity index (χ0v) is 13.3. The Hall–Kier alpha value is -2.57. The van der Waals surface area contributed by atoms with Gasteiger partial charge in [-0.25, -0.2) is 4.79 Å². The third-order valence-electron chi connectivity index (χ3n) is 3.29. The Morgan fingerprint density at radius 3 is 2.26 bits per heavy atom. The molecule has 7 heteroatoms. The first-order chi connectivity index (χ1) is 11.0. The number of nitrogens with one attached hydrogen (secondary N) is 1. The topological polar surface area (TPSA) is 108 Å². The quantitative estimate of drug-likeness (QED) is 0.342. The number of benzene rings is 1. The average Bonchev–Trinajstić information content (AvgIpc) is 2.53. The highest BCUT2D eigenvalue weighted by atomic mass is 16.7. The minimum absolute atomic E-state index is 0.0342. The molecule has 0 bridgehead atoms. The summed E-state index contributed by atoms with van der Waals surface area (Å²) in [5.41, 5.74) is 8.96. The summed E-state index contributed by atoms with van der Waals surface area (Å²) >= 11 is 0. The number of carbonyl (C=O) groups is 3. The van der Waals surface area contributed by atoms with Gasteiger partial charge in [0.2, 0.25) is 0 Å². The van der Waals surface area contributed by atoms with Crippen molar-refractivity contribution in [2.24, 2.45) is 5.92 Å². The molecule has 0 saturated carbocycles. The van der Waals surface area contributed by atoms with Gasteiger partial charge in [-0.15, -0.1) is 0 Å². The molecule has 0 aromatic heterocycles. The normalized spacial score (nSPS) is 10.2. The van der Waals surface area contributed by atoms with Gasteiger partial charge < -0.3 is 15.3 Å². The van der Waals surface area contributed by atoms with Gasteiger partial charge in [-0.2, -0.15) is 5.48 Å². The second kappa shape index (κ2) is 9.45. The predicted molar refractivity (Wildman–Crippen MR) is 83.6 cm³/mol. The summed E-state index contributed by atoms with van der Waals surface area (Å²) in [5.74, 6) is -2.20. The van der Waals surface area contributed by atoms with Crippen LogP contribution in [-0.4, -0.2) is 17.8 Å². The van der Waals surface area contributed by atoms with Crippen molar-refractivity contribution in [3.05, 3.63) is 29.8 Å². The maximum atomic E-state index is 11.6. The minimum Gasteiger partial charge on any atom is -0.460 e. The predicted octanol–water partition coefficient (Wildman–Crippen LogP) is 1.71. The van der Waals surface area contributed by atoms with E-state index in [0.29, 0.717) is 18.5 Å². The second-order valence-corrected chi connectivity index (χ2v) is 5.03. The highest BCUT2D eigenvalue weighted by Gasteiger charge is 2.18. The molecular weight excluding hydrogens is 300 g/mol. The number of ether oxygens (including phenoxy) is 1. The van der Waals surface area contributed by atoms with Gasteiger partial charge in [0, 0.05) is 11.6 Å². The molecule has 1 rings (SSSR count). The molecule has 0 fully saturated rings. The maximum absolute atomic E-state index is 11.6. The molecule has 1 amide bonds. The van der Waals surface area contributed by atoms with Crippen LogP contribution in [0.15, 0.2) is 24.3 Å². The summed E-state index contributed by atoms with van der Waals surface area (Å²) < 4.78 is 4.94. The monoisotopic (exact) mass is 322 g/mol. The van der Waals surface area contributed by atoms with E-state index in [0.717, 1.165) is 5.56 Å². The number of rotatable bonds is 7.